The highest BCUT2D eigenvalue weighted by Gasteiger charge is 2.30. The van der Waals surface area contributed by atoms with E-state index in [4.69, 9.17) is 5.21 Å². The van der Waals surface area contributed by atoms with E-state index in [1.807, 2.05) is 30.3 Å². The lowest BCUT2D eigenvalue weighted by Gasteiger charge is -2.20. The van der Waals surface area contributed by atoms with E-state index in [0.717, 1.165) is 5.56 Å². The van der Waals surface area contributed by atoms with Crippen molar-refractivity contribution in [3.8, 4) is 0 Å². The highest BCUT2D eigenvalue weighted by Crippen LogP contribution is 2.10. The molecule has 0 unspecified atom stereocenters. The van der Waals surface area contributed by atoms with Gasteiger partial charge in [-0.3, -0.25) is 24.4 Å². The molecule has 2 atom stereocenters. The first-order valence-electron chi connectivity index (χ1n) is 10.3. The Labute approximate surface area is 175 Å². The van der Waals surface area contributed by atoms with Gasteiger partial charge in [0.25, 0.3) is 0 Å². The molecule has 0 bridgehead atoms. The lowest BCUT2D eigenvalue weighted by molar-refractivity contribution is -0.130. The fourth-order valence-electron chi connectivity index (χ4n) is 3.32. The van der Waals surface area contributed by atoms with Crippen molar-refractivity contribution < 1.29 is 24.4 Å². The van der Waals surface area contributed by atoms with E-state index < -0.39 is 18.0 Å². The SMILES string of the molecule is O=C(CCCCC[C@H](NC(=O)[C@@H]1CCC(=O)N1)C(=O)NCCc1ccccc1)NO. The zero-order valence-corrected chi connectivity index (χ0v) is 17.0. The van der Waals surface area contributed by atoms with Crippen LogP contribution in [0.15, 0.2) is 30.3 Å². The van der Waals surface area contributed by atoms with Gasteiger partial charge in [-0.1, -0.05) is 43.2 Å². The molecule has 30 heavy (non-hydrogen) atoms. The van der Waals surface area contributed by atoms with E-state index in [1.165, 1.54) is 0 Å². The molecule has 1 heterocycles. The quantitative estimate of drug-likeness (QED) is 0.192. The molecule has 2 rings (SSSR count). The van der Waals surface area contributed by atoms with Crippen LogP contribution in [0.5, 0.6) is 0 Å². The molecule has 9 nitrogen and oxygen atoms in total. The van der Waals surface area contributed by atoms with Crippen molar-refractivity contribution in [1.82, 2.24) is 21.4 Å². The van der Waals surface area contributed by atoms with Crippen LogP contribution < -0.4 is 21.4 Å². The van der Waals surface area contributed by atoms with Gasteiger partial charge >= 0.3 is 0 Å². The van der Waals surface area contributed by atoms with Gasteiger partial charge in [-0.2, -0.15) is 0 Å². The summed E-state index contributed by atoms with van der Waals surface area (Å²) in [5.74, 6) is -1.24. The molecule has 0 saturated carbocycles. The Bertz CT molecular complexity index is 725. The van der Waals surface area contributed by atoms with Gasteiger partial charge in [0.05, 0.1) is 0 Å². The number of unbranched alkanes of at least 4 members (excludes halogenated alkanes) is 2. The number of nitrogens with one attached hydrogen (secondary N) is 4. The summed E-state index contributed by atoms with van der Waals surface area (Å²) in [6.45, 7) is 0.450. The topological polar surface area (TPSA) is 137 Å². The highest BCUT2D eigenvalue weighted by atomic mass is 16.5. The predicted molar refractivity (Wildman–Crippen MR) is 109 cm³/mol. The number of carbonyl (C=O) groups is 4. The minimum atomic E-state index is -0.711. The lowest BCUT2D eigenvalue weighted by Crippen LogP contribution is -2.52. The van der Waals surface area contributed by atoms with Crippen molar-refractivity contribution in [2.24, 2.45) is 0 Å². The second kappa shape index (κ2) is 12.6. The molecule has 0 spiro atoms. The van der Waals surface area contributed by atoms with Gasteiger partial charge in [0.15, 0.2) is 0 Å². The summed E-state index contributed by atoms with van der Waals surface area (Å²) in [4.78, 5) is 47.5. The van der Waals surface area contributed by atoms with Crippen LogP contribution in [-0.4, -0.2) is 47.5 Å². The van der Waals surface area contributed by atoms with Crippen LogP contribution in [0.25, 0.3) is 0 Å². The Morgan fingerprint density at radius 1 is 1.13 bits per heavy atom. The summed E-state index contributed by atoms with van der Waals surface area (Å²) in [5, 5.41) is 16.7. The molecular weight excluding hydrogens is 388 g/mol. The molecule has 0 aliphatic carbocycles. The lowest BCUT2D eigenvalue weighted by atomic mass is 10.0. The van der Waals surface area contributed by atoms with Gasteiger partial charge in [-0.05, 0) is 31.2 Å². The standard InChI is InChI=1S/C21H30N4O5/c26-18-12-11-17(23-18)21(29)24-16(9-5-2-6-10-19(27)25-30)20(28)22-14-13-15-7-3-1-4-8-15/h1,3-4,7-8,16-17,30H,2,5-6,9-14H2,(H,22,28)(H,23,26)(H,24,29)(H,25,27)/t16-,17-/m0/s1. The first-order valence-corrected chi connectivity index (χ1v) is 10.3. The maximum atomic E-state index is 12.7. The van der Waals surface area contributed by atoms with Crippen molar-refractivity contribution in [2.75, 3.05) is 6.54 Å². The smallest absolute Gasteiger partial charge is 0.243 e. The molecule has 1 aromatic rings. The van der Waals surface area contributed by atoms with Crippen LogP contribution in [0.1, 0.15) is 50.5 Å². The van der Waals surface area contributed by atoms with Crippen LogP contribution in [0.2, 0.25) is 0 Å². The Morgan fingerprint density at radius 2 is 1.90 bits per heavy atom. The Balaban J connectivity index is 1.83. The molecule has 1 aromatic carbocycles. The third kappa shape index (κ3) is 8.20. The summed E-state index contributed by atoms with van der Waals surface area (Å²) < 4.78 is 0. The largest absolute Gasteiger partial charge is 0.354 e. The first kappa shape index (κ1) is 23.3. The van der Waals surface area contributed by atoms with Crippen molar-refractivity contribution in [3.63, 3.8) is 0 Å². The number of hydrogen-bond donors (Lipinski definition) is 5. The second-order valence-corrected chi connectivity index (χ2v) is 7.38. The third-order valence-electron chi connectivity index (χ3n) is 5.02. The fourth-order valence-corrected chi connectivity index (χ4v) is 3.32. The molecule has 0 aromatic heterocycles. The van der Waals surface area contributed by atoms with E-state index in [1.54, 1.807) is 5.48 Å². The molecule has 1 saturated heterocycles. The van der Waals surface area contributed by atoms with Crippen LogP contribution in [-0.2, 0) is 25.6 Å². The van der Waals surface area contributed by atoms with Crippen LogP contribution in [0.4, 0.5) is 0 Å². The first-order chi connectivity index (χ1) is 14.5. The maximum absolute atomic E-state index is 12.7. The molecular formula is C21H30N4O5. The molecule has 9 heteroatoms. The van der Waals surface area contributed by atoms with Gasteiger partial charge in [-0.25, -0.2) is 5.48 Å². The Hall–Kier alpha value is -2.94. The van der Waals surface area contributed by atoms with Gasteiger partial charge in [0.2, 0.25) is 23.6 Å². The monoisotopic (exact) mass is 418 g/mol. The van der Waals surface area contributed by atoms with E-state index in [-0.39, 0.29) is 24.1 Å². The molecule has 1 aliphatic rings. The van der Waals surface area contributed by atoms with Gasteiger partial charge in [0.1, 0.15) is 12.1 Å². The van der Waals surface area contributed by atoms with Gasteiger partial charge in [-0.15, -0.1) is 0 Å². The molecule has 4 amide bonds. The van der Waals surface area contributed by atoms with Crippen LogP contribution in [0.3, 0.4) is 0 Å². The molecule has 5 N–H and O–H groups in total. The van der Waals surface area contributed by atoms with Crippen molar-refractivity contribution in [1.29, 1.82) is 0 Å². The predicted octanol–water partition coefficient (Wildman–Crippen LogP) is 0.565. The van der Waals surface area contributed by atoms with E-state index in [2.05, 4.69) is 16.0 Å². The summed E-state index contributed by atoms with van der Waals surface area (Å²) in [6, 6.07) is 8.45. The molecule has 1 aliphatic heterocycles. The summed E-state index contributed by atoms with van der Waals surface area (Å²) in [7, 11) is 0. The summed E-state index contributed by atoms with van der Waals surface area (Å²) in [5.41, 5.74) is 2.69. The van der Waals surface area contributed by atoms with Crippen molar-refractivity contribution in [2.45, 2.75) is 63.5 Å². The van der Waals surface area contributed by atoms with E-state index in [9.17, 15) is 19.2 Å². The van der Waals surface area contributed by atoms with Crippen LogP contribution >= 0.6 is 0 Å². The van der Waals surface area contributed by atoms with Gasteiger partial charge < -0.3 is 16.0 Å². The fraction of sp³-hybridized carbons (Fsp3) is 0.524. The number of hydrogen-bond acceptors (Lipinski definition) is 5. The molecule has 164 valence electrons. The zero-order chi connectivity index (χ0) is 21.8. The van der Waals surface area contributed by atoms with Crippen molar-refractivity contribution in [3.05, 3.63) is 35.9 Å². The normalized spacial score (nSPS) is 16.4. The average Bonchev–Trinajstić information content (AvgIpc) is 3.19. The van der Waals surface area contributed by atoms with Crippen LogP contribution in [0, 0.1) is 0 Å². The number of carbonyl (C=O) groups excluding carboxylic acids is 4. The summed E-state index contributed by atoms with van der Waals surface area (Å²) >= 11 is 0. The average molecular weight is 418 g/mol. The molecule has 1 fully saturated rings. The summed E-state index contributed by atoms with van der Waals surface area (Å²) in [6.07, 6.45) is 3.91. The number of amides is 4. The van der Waals surface area contributed by atoms with Crippen molar-refractivity contribution >= 4 is 23.6 Å². The molecule has 0 radical (unpaired) electrons. The minimum absolute atomic E-state index is 0.166. The zero-order valence-electron chi connectivity index (χ0n) is 17.0. The maximum Gasteiger partial charge on any atom is 0.243 e. The Morgan fingerprint density at radius 3 is 2.57 bits per heavy atom. The highest BCUT2D eigenvalue weighted by molar-refractivity contribution is 5.93. The number of benzene rings is 1. The minimum Gasteiger partial charge on any atom is -0.354 e. The van der Waals surface area contributed by atoms with E-state index in [0.29, 0.717) is 51.5 Å². The number of hydroxylamine groups is 1. The number of rotatable bonds is 12. The van der Waals surface area contributed by atoms with Gasteiger partial charge in [0, 0.05) is 19.4 Å². The second-order valence-electron chi connectivity index (χ2n) is 7.38. The van der Waals surface area contributed by atoms with E-state index >= 15 is 0 Å². The Kier molecular flexibility index (Phi) is 9.79. The third-order valence-corrected chi connectivity index (χ3v) is 5.02.